The Bertz CT molecular complexity index is 250. The summed E-state index contributed by atoms with van der Waals surface area (Å²) >= 11 is 0. The van der Waals surface area contributed by atoms with Gasteiger partial charge in [0.2, 0.25) is 0 Å². The predicted molar refractivity (Wildman–Crippen MR) is 96.1 cm³/mol. The normalized spacial score (nSPS) is 15.5. The van der Waals surface area contributed by atoms with Crippen molar-refractivity contribution < 1.29 is 43.4 Å². The first-order valence-electron chi connectivity index (χ1n) is 7.85. The van der Waals surface area contributed by atoms with E-state index in [1.807, 2.05) is 63.4 Å². The second kappa shape index (κ2) is 14.2. The molecular weight excluding hydrogens is 349 g/mol. The Morgan fingerprint density at radius 3 is 0.560 bits per heavy atom. The van der Waals surface area contributed by atoms with E-state index in [4.69, 9.17) is 30.0 Å². The van der Waals surface area contributed by atoms with E-state index in [1.54, 1.807) is 20.8 Å². The van der Waals surface area contributed by atoms with E-state index in [2.05, 4.69) is 0 Å². The van der Waals surface area contributed by atoms with Crippen molar-refractivity contribution in [3.05, 3.63) is 0 Å². The van der Waals surface area contributed by atoms with E-state index in [0.717, 1.165) is 0 Å². The fourth-order valence-electron chi connectivity index (χ4n) is 0. The molecule has 0 saturated carbocycles. The van der Waals surface area contributed by atoms with Gasteiger partial charge in [-0.3, -0.25) is 0 Å². The maximum Gasteiger partial charge on any atom is 0.187 e. The molecule has 3 atom stereocenters. The van der Waals surface area contributed by atoms with Crippen molar-refractivity contribution in [3.63, 3.8) is 0 Å². The second-order valence-corrected chi connectivity index (χ2v) is 8.92. The lowest BCUT2D eigenvalue weighted by atomic mass is 10.5. The highest BCUT2D eigenvalue weighted by atomic mass is 31.2. The number of quaternary nitrogens is 3. The zero-order valence-corrected chi connectivity index (χ0v) is 19.0. The maximum absolute atomic E-state index is 8.86. The van der Waals surface area contributed by atoms with Gasteiger partial charge in [0.05, 0.1) is 63.4 Å². The SMILES string of the molecule is CC(O)[N+](C)(C)C.CC(O)[N+](C)(C)C.CC(O)[N+](C)(C)C.[O-]P([O-])[O-]. The minimum Gasteiger partial charge on any atom is -0.854 e. The molecule has 25 heavy (non-hydrogen) atoms. The summed E-state index contributed by atoms with van der Waals surface area (Å²) in [6.07, 6.45) is -0.792. The third kappa shape index (κ3) is 35.9. The summed E-state index contributed by atoms with van der Waals surface area (Å²) in [6.45, 7) is 5.33. The van der Waals surface area contributed by atoms with Crippen LogP contribution in [0.2, 0.25) is 0 Å². The molecular formula is C15H42N3O6P. The number of rotatable bonds is 3. The Labute approximate surface area is 155 Å². The average Bonchev–Trinajstić information content (AvgIpc) is 2.25. The summed E-state index contributed by atoms with van der Waals surface area (Å²) in [5.41, 5.74) is 0. The second-order valence-electron chi connectivity index (χ2n) is 8.47. The molecule has 0 aromatic heterocycles. The first-order valence-corrected chi connectivity index (χ1v) is 8.95. The summed E-state index contributed by atoms with van der Waals surface area (Å²) in [7, 11) is 14.2. The molecule has 0 spiro atoms. The maximum atomic E-state index is 8.86. The van der Waals surface area contributed by atoms with Crippen molar-refractivity contribution in [3.8, 4) is 0 Å². The molecule has 0 aromatic rings. The topological polar surface area (TPSA) is 130 Å². The van der Waals surface area contributed by atoms with Gasteiger partial charge in [0.1, 0.15) is 0 Å². The highest BCUT2D eigenvalue weighted by molar-refractivity contribution is 7.33. The molecule has 0 aliphatic heterocycles. The lowest BCUT2D eigenvalue weighted by Gasteiger charge is -2.39. The zero-order chi connectivity index (χ0) is 21.8. The first kappa shape index (κ1) is 32.7. The Hall–Kier alpha value is 0.0700. The predicted octanol–water partition coefficient (Wildman–Crippen LogP) is -2.61. The number of hydrogen-bond donors (Lipinski definition) is 3. The third-order valence-corrected chi connectivity index (χ3v) is 3.36. The number of hydrogen-bond acceptors (Lipinski definition) is 6. The van der Waals surface area contributed by atoms with E-state index < -0.39 is 8.60 Å². The van der Waals surface area contributed by atoms with E-state index in [9.17, 15) is 0 Å². The lowest BCUT2D eigenvalue weighted by Crippen LogP contribution is -2.42. The van der Waals surface area contributed by atoms with Gasteiger partial charge in [-0.05, 0) is 0 Å². The molecule has 158 valence electrons. The molecule has 3 N–H and O–H groups in total. The Morgan fingerprint density at radius 1 is 0.520 bits per heavy atom. The Morgan fingerprint density at radius 2 is 0.560 bits per heavy atom. The van der Waals surface area contributed by atoms with Gasteiger partial charge < -0.3 is 52.1 Å². The molecule has 0 rings (SSSR count). The molecule has 0 aromatic carbocycles. The highest BCUT2D eigenvalue weighted by Gasteiger charge is 2.13. The average molecular weight is 391 g/mol. The van der Waals surface area contributed by atoms with Crippen molar-refractivity contribution in [2.75, 3.05) is 63.4 Å². The standard InChI is InChI=1S/3C5H14NO.O3P/c3*1-5(7)6(2,3)4;1-4(2)3/h3*5,7H,1-4H3;/q3*+1;-3. The summed E-state index contributed by atoms with van der Waals surface area (Å²) < 4.78 is 1.83. The third-order valence-electron chi connectivity index (χ3n) is 3.36. The molecule has 0 heterocycles. The van der Waals surface area contributed by atoms with E-state index in [1.165, 1.54) is 0 Å². The molecule has 0 aliphatic carbocycles. The van der Waals surface area contributed by atoms with Gasteiger partial charge in [-0.1, -0.05) is 0 Å². The number of aliphatic hydroxyl groups is 3. The molecule has 0 saturated heterocycles. The van der Waals surface area contributed by atoms with Gasteiger partial charge in [-0.2, -0.15) is 0 Å². The van der Waals surface area contributed by atoms with Crippen LogP contribution >= 0.6 is 8.60 Å². The van der Waals surface area contributed by atoms with Crippen LogP contribution in [-0.4, -0.2) is 111 Å². The van der Waals surface area contributed by atoms with Crippen LogP contribution in [0.1, 0.15) is 20.8 Å². The van der Waals surface area contributed by atoms with Crippen LogP contribution in [0.25, 0.3) is 0 Å². The summed E-state index contributed by atoms with van der Waals surface area (Å²) in [5.74, 6) is 0. The van der Waals surface area contributed by atoms with Crippen molar-refractivity contribution in [2.45, 2.75) is 39.5 Å². The van der Waals surface area contributed by atoms with Crippen molar-refractivity contribution in [2.24, 2.45) is 0 Å². The fraction of sp³-hybridized carbons (Fsp3) is 1.00. The van der Waals surface area contributed by atoms with Crippen LogP contribution < -0.4 is 14.7 Å². The molecule has 3 unspecified atom stereocenters. The minimum absolute atomic E-state index is 0.264. The minimum atomic E-state index is -3.37. The van der Waals surface area contributed by atoms with Gasteiger partial charge in [-0.15, -0.1) is 0 Å². The van der Waals surface area contributed by atoms with Crippen molar-refractivity contribution >= 4 is 8.60 Å². The van der Waals surface area contributed by atoms with Crippen LogP contribution in [-0.2, 0) is 0 Å². The van der Waals surface area contributed by atoms with E-state index in [-0.39, 0.29) is 18.7 Å². The van der Waals surface area contributed by atoms with Crippen molar-refractivity contribution in [1.29, 1.82) is 0 Å². The molecule has 9 nitrogen and oxygen atoms in total. The largest absolute Gasteiger partial charge is 0.854 e. The number of nitrogens with zero attached hydrogens (tertiary/aromatic N) is 3. The molecule has 0 bridgehead atoms. The molecule has 10 heteroatoms. The smallest absolute Gasteiger partial charge is 0.187 e. The molecule has 0 radical (unpaired) electrons. The zero-order valence-electron chi connectivity index (χ0n) is 18.1. The quantitative estimate of drug-likeness (QED) is 0.275. The summed E-state index contributed by atoms with van der Waals surface area (Å²) in [5, 5.41) is 26.6. The van der Waals surface area contributed by atoms with Crippen LogP contribution in [0.3, 0.4) is 0 Å². The Balaban J connectivity index is -0.000000120. The fourth-order valence-corrected chi connectivity index (χ4v) is 0. The van der Waals surface area contributed by atoms with Gasteiger partial charge in [-0.25, -0.2) is 0 Å². The van der Waals surface area contributed by atoms with Crippen LogP contribution in [0.4, 0.5) is 0 Å². The molecule has 0 fully saturated rings. The van der Waals surface area contributed by atoms with Crippen molar-refractivity contribution in [1.82, 2.24) is 0 Å². The van der Waals surface area contributed by atoms with Crippen LogP contribution in [0.15, 0.2) is 0 Å². The van der Waals surface area contributed by atoms with Crippen LogP contribution in [0.5, 0.6) is 0 Å². The van der Waals surface area contributed by atoms with Gasteiger partial charge in [0, 0.05) is 20.8 Å². The lowest BCUT2D eigenvalue weighted by molar-refractivity contribution is -0.916. The van der Waals surface area contributed by atoms with Gasteiger partial charge in [0.25, 0.3) is 0 Å². The van der Waals surface area contributed by atoms with Crippen LogP contribution in [0, 0.1) is 0 Å². The van der Waals surface area contributed by atoms with Gasteiger partial charge >= 0.3 is 0 Å². The van der Waals surface area contributed by atoms with E-state index >= 15 is 0 Å². The first-order chi connectivity index (χ1) is 10.6. The summed E-state index contributed by atoms with van der Waals surface area (Å²) in [6, 6.07) is 0. The Kier molecular flexibility index (Phi) is 18.5. The molecule has 0 aliphatic rings. The van der Waals surface area contributed by atoms with Gasteiger partial charge in [0.15, 0.2) is 18.7 Å². The monoisotopic (exact) mass is 391 g/mol. The summed E-state index contributed by atoms with van der Waals surface area (Å²) in [4.78, 5) is 25.4. The number of aliphatic hydroxyl groups excluding tert-OH is 3. The molecule has 0 amide bonds. The van der Waals surface area contributed by atoms with E-state index in [0.29, 0.717) is 13.4 Å². The highest BCUT2D eigenvalue weighted by Crippen LogP contribution is 1.95.